The van der Waals surface area contributed by atoms with E-state index in [2.05, 4.69) is 11.9 Å². The standard InChI is InChI=1S/C8H12ClNS2/c1-7(4-9)5-11-6-8-10-2-3-12-8/h2-3,7H,4-6H2,1H3. The molecule has 1 rings (SSSR count). The highest BCUT2D eigenvalue weighted by Crippen LogP contribution is 2.17. The predicted octanol–water partition coefficient (Wildman–Crippen LogP) is 3.25. The van der Waals surface area contributed by atoms with Gasteiger partial charge in [0.2, 0.25) is 0 Å². The van der Waals surface area contributed by atoms with E-state index in [-0.39, 0.29) is 0 Å². The summed E-state index contributed by atoms with van der Waals surface area (Å²) in [4.78, 5) is 4.20. The van der Waals surface area contributed by atoms with Crippen molar-refractivity contribution in [2.24, 2.45) is 5.92 Å². The Balaban J connectivity index is 2.11. The van der Waals surface area contributed by atoms with Crippen LogP contribution < -0.4 is 0 Å². The average molecular weight is 222 g/mol. The highest BCUT2D eigenvalue weighted by Gasteiger charge is 2.01. The molecule has 0 saturated carbocycles. The SMILES string of the molecule is CC(CCl)CSCc1nccs1. The van der Waals surface area contributed by atoms with Gasteiger partial charge in [0.05, 0.1) is 0 Å². The summed E-state index contributed by atoms with van der Waals surface area (Å²) >= 11 is 9.31. The number of rotatable bonds is 5. The van der Waals surface area contributed by atoms with E-state index in [1.165, 1.54) is 5.01 Å². The van der Waals surface area contributed by atoms with Crippen LogP contribution in [-0.4, -0.2) is 16.6 Å². The summed E-state index contributed by atoms with van der Waals surface area (Å²) in [6.45, 7) is 2.17. The van der Waals surface area contributed by atoms with Crippen LogP contribution in [0.15, 0.2) is 11.6 Å². The minimum Gasteiger partial charge on any atom is -0.249 e. The van der Waals surface area contributed by atoms with E-state index >= 15 is 0 Å². The first kappa shape index (κ1) is 10.4. The van der Waals surface area contributed by atoms with E-state index in [9.17, 15) is 0 Å². The van der Waals surface area contributed by atoms with Crippen molar-refractivity contribution in [2.45, 2.75) is 12.7 Å². The molecule has 0 bridgehead atoms. The highest BCUT2D eigenvalue weighted by atomic mass is 35.5. The number of thioether (sulfide) groups is 1. The fourth-order valence-corrected chi connectivity index (χ4v) is 2.76. The third-order valence-electron chi connectivity index (χ3n) is 1.37. The molecule has 0 aliphatic heterocycles. The fraction of sp³-hybridized carbons (Fsp3) is 0.625. The molecule has 1 aromatic heterocycles. The summed E-state index contributed by atoms with van der Waals surface area (Å²) in [5.74, 6) is 3.52. The van der Waals surface area contributed by atoms with Gasteiger partial charge in [0.25, 0.3) is 0 Å². The van der Waals surface area contributed by atoms with Crippen LogP contribution in [-0.2, 0) is 5.75 Å². The van der Waals surface area contributed by atoms with Crippen molar-refractivity contribution < 1.29 is 0 Å². The number of hydrogen-bond acceptors (Lipinski definition) is 3. The van der Waals surface area contributed by atoms with Gasteiger partial charge in [-0.1, -0.05) is 6.92 Å². The molecule has 1 unspecified atom stereocenters. The van der Waals surface area contributed by atoms with E-state index in [1.807, 2.05) is 23.3 Å². The zero-order valence-electron chi connectivity index (χ0n) is 7.00. The van der Waals surface area contributed by atoms with Crippen LogP contribution >= 0.6 is 34.7 Å². The van der Waals surface area contributed by atoms with Gasteiger partial charge in [-0.05, 0) is 11.7 Å². The molecule has 68 valence electrons. The lowest BCUT2D eigenvalue weighted by atomic mass is 10.3. The van der Waals surface area contributed by atoms with E-state index in [1.54, 1.807) is 11.3 Å². The lowest BCUT2D eigenvalue weighted by Gasteiger charge is -2.04. The summed E-state index contributed by atoms with van der Waals surface area (Å²) in [5.41, 5.74) is 0. The molecule has 0 aliphatic rings. The largest absolute Gasteiger partial charge is 0.249 e. The molecule has 4 heteroatoms. The summed E-state index contributed by atoms with van der Waals surface area (Å²) in [6, 6.07) is 0. The molecule has 0 N–H and O–H groups in total. The number of hydrogen-bond donors (Lipinski definition) is 0. The molecular formula is C8H12ClNS2. The maximum atomic E-state index is 5.69. The molecule has 0 radical (unpaired) electrons. The van der Waals surface area contributed by atoms with Gasteiger partial charge < -0.3 is 0 Å². The van der Waals surface area contributed by atoms with Gasteiger partial charge in [0.15, 0.2) is 0 Å². The fourth-order valence-electron chi connectivity index (χ4n) is 0.716. The van der Waals surface area contributed by atoms with Crippen LogP contribution in [0.4, 0.5) is 0 Å². The normalized spacial score (nSPS) is 13.2. The van der Waals surface area contributed by atoms with Crippen molar-refractivity contribution in [1.29, 1.82) is 0 Å². The van der Waals surface area contributed by atoms with Crippen molar-refractivity contribution in [3.8, 4) is 0 Å². The first-order valence-corrected chi connectivity index (χ1v) is 6.42. The second-order valence-corrected chi connectivity index (χ2v) is 5.02. The van der Waals surface area contributed by atoms with Crippen LogP contribution in [0, 0.1) is 5.92 Å². The van der Waals surface area contributed by atoms with Gasteiger partial charge in [0, 0.05) is 23.2 Å². The Morgan fingerprint density at radius 1 is 1.75 bits per heavy atom. The van der Waals surface area contributed by atoms with E-state index in [0.29, 0.717) is 5.92 Å². The van der Waals surface area contributed by atoms with Crippen molar-refractivity contribution in [3.63, 3.8) is 0 Å². The molecule has 0 spiro atoms. The zero-order valence-corrected chi connectivity index (χ0v) is 9.38. The Bertz CT molecular complexity index is 201. The number of alkyl halides is 1. The molecule has 1 nitrogen and oxygen atoms in total. The second kappa shape index (κ2) is 5.84. The molecule has 1 heterocycles. The van der Waals surface area contributed by atoms with Crippen molar-refractivity contribution in [3.05, 3.63) is 16.6 Å². The Hall–Kier alpha value is 0.270. The summed E-state index contributed by atoms with van der Waals surface area (Å²) in [6.07, 6.45) is 1.85. The van der Waals surface area contributed by atoms with Crippen LogP contribution in [0.5, 0.6) is 0 Å². The molecule has 0 aromatic carbocycles. The monoisotopic (exact) mass is 221 g/mol. The molecule has 12 heavy (non-hydrogen) atoms. The van der Waals surface area contributed by atoms with E-state index in [0.717, 1.165) is 17.4 Å². The van der Waals surface area contributed by atoms with Crippen LogP contribution in [0.3, 0.4) is 0 Å². The third kappa shape index (κ3) is 3.78. The summed E-state index contributed by atoms with van der Waals surface area (Å²) < 4.78 is 0. The lowest BCUT2D eigenvalue weighted by molar-refractivity contribution is 0.759. The van der Waals surface area contributed by atoms with Gasteiger partial charge in [-0.15, -0.1) is 22.9 Å². The number of nitrogens with zero attached hydrogens (tertiary/aromatic N) is 1. The van der Waals surface area contributed by atoms with Crippen molar-refractivity contribution >= 4 is 34.7 Å². The Labute approximate surface area is 86.5 Å². The van der Waals surface area contributed by atoms with Crippen LogP contribution in [0.1, 0.15) is 11.9 Å². The maximum Gasteiger partial charge on any atom is 0.102 e. The minimum atomic E-state index is 0.608. The molecule has 0 aliphatic carbocycles. The molecule has 0 amide bonds. The number of thiazole rings is 1. The Kier molecular flexibility index (Phi) is 5.04. The second-order valence-electron chi connectivity index (χ2n) is 2.70. The molecule has 1 aromatic rings. The topological polar surface area (TPSA) is 12.9 Å². The first-order chi connectivity index (χ1) is 5.83. The number of halogens is 1. The van der Waals surface area contributed by atoms with E-state index in [4.69, 9.17) is 11.6 Å². The third-order valence-corrected chi connectivity index (χ3v) is 4.15. The van der Waals surface area contributed by atoms with Crippen molar-refractivity contribution in [1.82, 2.24) is 4.98 Å². The van der Waals surface area contributed by atoms with Gasteiger partial charge in [-0.2, -0.15) is 11.8 Å². The van der Waals surface area contributed by atoms with E-state index < -0.39 is 0 Å². The van der Waals surface area contributed by atoms with Gasteiger partial charge >= 0.3 is 0 Å². The average Bonchev–Trinajstić information content (AvgIpc) is 2.57. The minimum absolute atomic E-state index is 0.608. The maximum absolute atomic E-state index is 5.69. The Morgan fingerprint density at radius 3 is 3.17 bits per heavy atom. The molecule has 0 saturated heterocycles. The molecule has 0 fully saturated rings. The smallest absolute Gasteiger partial charge is 0.102 e. The summed E-state index contributed by atoms with van der Waals surface area (Å²) in [7, 11) is 0. The van der Waals surface area contributed by atoms with Crippen molar-refractivity contribution in [2.75, 3.05) is 11.6 Å². The van der Waals surface area contributed by atoms with Gasteiger partial charge in [0.1, 0.15) is 5.01 Å². The lowest BCUT2D eigenvalue weighted by Crippen LogP contribution is -1.99. The summed E-state index contributed by atoms with van der Waals surface area (Å²) in [5, 5.41) is 3.22. The predicted molar refractivity (Wildman–Crippen MR) is 58.2 cm³/mol. The zero-order chi connectivity index (χ0) is 8.81. The molecular weight excluding hydrogens is 210 g/mol. The quantitative estimate of drug-likeness (QED) is 0.708. The molecule has 1 atom stereocenters. The Morgan fingerprint density at radius 2 is 2.58 bits per heavy atom. The van der Waals surface area contributed by atoms with Gasteiger partial charge in [-0.25, -0.2) is 4.98 Å². The van der Waals surface area contributed by atoms with Crippen LogP contribution in [0.2, 0.25) is 0 Å². The first-order valence-electron chi connectivity index (χ1n) is 3.85. The number of aromatic nitrogens is 1. The van der Waals surface area contributed by atoms with Crippen LogP contribution in [0.25, 0.3) is 0 Å². The van der Waals surface area contributed by atoms with Gasteiger partial charge in [-0.3, -0.25) is 0 Å². The highest BCUT2D eigenvalue weighted by molar-refractivity contribution is 7.98.